The zero-order valence-electron chi connectivity index (χ0n) is 14.6. The van der Waals surface area contributed by atoms with Gasteiger partial charge in [-0.2, -0.15) is 5.10 Å². The summed E-state index contributed by atoms with van der Waals surface area (Å²) in [6, 6.07) is 1.75. The Kier molecular flexibility index (Phi) is 4.25. The molecule has 2 fully saturated rings. The smallest absolute Gasteiger partial charge is 0.253 e. The van der Waals surface area contributed by atoms with Crippen molar-refractivity contribution in [1.29, 1.82) is 0 Å². The van der Waals surface area contributed by atoms with E-state index in [0.29, 0.717) is 24.9 Å². The molecule has 0 radical (unpaired) electrons. The lowest BCUT2D eigenvalue weighted by Gasteiger charge is -2.27. The molecule has 1 saturated heterocycles. The third-order valence-corrected chi connectivity index (χ3v) is 5.17. The summed E-state index contributed by atoms with van der Waals surface area (Å²) >= 11 is 0. The quantitative estimate of drug-likeness (QED) is 0.894. The molecule has 134 valence electrons. The second-order valence-electron chi connectivity index (χ2n) is 6.98. The molecule has 0 bridgehead atoms. The van der Waals surface area contributed by atoms with Gasteiger partial charge in [0.1, 0.15) is 6.10 Å². The highest BCUT2D eigenvalue weighted by Gasteiger charge is 2.34. The Labute approximate surface area is 146 Å². The van der Waals surface area contributed by atoms with Gasteiger partial charge >= 0.3 is 0 Å². The van der Waals surface area contributed by atoms with Crippen molar-refractivity contribution in [2.45, 2.75) is 37.3 Å². The van der Waals surface area contributed by atoms with E-state index in [-0.39, 0.29) is 18.1 Å². The molecule has 1 amide bonds. The predicted molar refractivity (Wildman–Crippen MR) is 91.7 cm³/mol. The second kappa shape index (κ2) is 6.55. The molecule has 2 aliphatic rings. The molecule has 3 heterocycles. The summed E-state index contributed by atoms with van der Waals surface area (Å²) < 4.78 is 15.2. The zero-order chi connectivity index (χ0) is 17.4. The molecular weight excluding hydrogens is 320 g/mol. The number of hydrogen-bond acceptors (Lipinski definition) is 4. The third kappa shape index (κ3) is 3.16. The molecule has 1 N–H and O–H groups in total. The van der Waals surface area contributed by atoms with E-state index in [2.05, 4.69) is 15.0 Å². The van der Waals surface area contributed by atoms with Gasteiger partial charge in [0, 0.05) is 26.0 Å². The van der Waals surface area contributed by atoms with Crippen LogP contribution in [0.15, 0.2) is 24.7 Å². The monoisotopic (exact) mass is 344 g/mol. The van der Waals surface area contributed by atoms with Gasteiger partial charge in [-0.15, -0.1) is 0 Å². The number of carbonyl (C=O) groups is 1. The van der Waals surface area contributed by atoms with Crippen molar-refractivity contribution in [3.05, 3.63) is 35.9 Å². The lowest BCUT2D eigenvalue weighted by Crippen LogP contribution is -2.45. The molecule has 2 aromatic heterocycles. The number of nitrogens with one attached hydrogen (secondary N) is 1. The summed E-state index contributed by atoms with van der Waals surface area (Å²) in [7, 11) is 3.85. The van der Waals surface area contributed by atoms with Gasteiger partial charge in [0.05, 0.1) is 37.2 Å². The SMILES string of the molecule is Cn1cc(O[C@@H]2COC[C@@H]2NC(=O)c2ccn(C)c2C2CCC2)cn1. The number of amides is 1. The van der Waals surface area contributed by atoms with E-state index in [4.69, 9.17) is 9.47 Å². The van der Waals surface area contributed by atoms with Crippen LogP contribution in [0.5, 0.6) is 5.75 Å². The van der Waals surface area contributed by atoms with E-state index in [9.17, 15) is 4.79 Å². The van der Waals surface area contributed by atoms with Crippen molar-refractivity contribution < 1.29 is 14.3 Å². The van der Waals surface area contributed by atoms with Crippen LogP contribution in [-0.2, 0) is 18.8 Å². The molecule has 7 nitrogen and oxygen atoms in total. The summed E-state index contributed by atoms with van der Waals surface area (Å²) in [5.41, 5.74) is 1.92. The number of carbonyl (C=O) groups excluding carboxylic acids is 1. The van der Waals surface area contributed by atoms with E-state index in [1.165, 1.54) is 6.42 Å². The van der Waals surface area contributed by atoms with Crippen molar-refractivity contribution in [2.24, 2.45) is 14.1 Å². The topological polar surface area (TPSA) is 70.3 Å². The maximum absolute atomic E-state index is 12.8. The largest absolute Gasteiger partial charge is 0.482 e. The summed E-state index contributed by atoms with van der Waals surface area (Å²) in [5.74, 6) is 1.15. The van der Waals surface area contributed by atoms with Gasteiger partial charge in [-0.05, 0) is 24.8 Å². The van der Waals surface area contributed by atoms with Crippen LogP contribution in [0.1, 0.15) is 41.2 Å². The van der Waals surface area contributed by atoms with E-state index < -0.39 is 0 Å². The van der Waals surface area contributed by atoms with Crippen molar-refractivity contribution in [3.8, 4) is 5.75 Å². The first-order valence-corrected chi connectivity index (χ1v) is 8.81. The molecule has 0 aromatic carbocycles. The van der Waals surface area contributed by atoms with Crippen LogP contribution >= 0.6 is 0 Å². The van der Waals surface area contributed by atoms with Gasteiger partial charge in [0.15, 0.2) is 5.75 Å². The molecule has 1 aliphatic carbocycles. The molecule has 0 unspecified atom stereocenters. The summed E-state index contributed by atoms with van der Waals surface area (Å²) in [6.07, 6.45) is 8.82. The average Bonchev–Trinajstić information content (AvgIpc) is 3.22. The lowest BCUT2D eigenvalue weighted by molar-refractivity contribution is 0.0901. The Morgan fingerprint density at radius 2 is 2.20 bits per heavy atom. The van der Waals surface area contributed by atoms with E-state index in [0.717, 1.165) is 24.1 Å². The molecule has 1 aliphatic heterocycles. The molecule has 1 saturated carbocycles. The van der Waals surface area contributed by atoms with Crippen LogP contribution in [0.3, 0.4) is 0 Å². The molecule has 2 aromatic rings. The van der Waals surface area contributed by atoms with Crippen molar-refractivity contribution in [3.63, 3.8) is 0 Å². The molecule has 4 rings (SSSR count). The van der Waals surface area contributed by atoms with Crippen molar-refractivity contribution in [1.82, 2.24) is 19.7 Å². The van der Waals surface area contributed by atoms with Crippen LogP contribution in [-0.4, -0.2) is 45.6 Å². The maximum Gasteiger partial charge on any atom is 0.253 e. The van der Waals surface area contributed by atoms with Crippen LogP contribution in [0, 0.1) is 0 Å². The summed E-state index contributed by atoms with van der Waals surface area (Å²) in [5, 5.41) is 7.20. The van der Waals surface area contributed by atoms with Gasteiger partial charge in [0.25, 0.3) is 5.91 Å². The number of ether oxygens (including phenoxy) is 2. The van der Waals surface area contributed by atoms with E-state index >= 15 is 0 Å². The fourth-order valence-corrected chi connectivity index (χ4v) is 3.59. The van der Waals surface area contributed by atoms with Gasteiger partial charge in [-0.1, -0.05) is 6.42 Å². The van der Waals surface area contributed by atoms with E-state index in [1.54, 1.807) is 10.9 Å². The Morgan fingerprint density at radius 3 is 2.88 bits per heavy atom. The number of hydrogen-bond donors (Lipinski definition) is 1. The molecular formula is C18H24N4O3. The number of aryl methyl sites for hydroxylation is 2. The second-order valence-corrected chi connectivity index (χ2v) is 6.98. The highest BCUT2D eigenvalue weighted by Crippen LogP contribution is 2.38. The minimum atomic E-state index is -0.205. The standard InChI is InChI=1S/C18H24N4O3/c1-21-7-6-14(17(21)12-4-3-5-12)18(23)20-15-10-24-11-16(15)25-13-8-19-22(2)9-13/h6-9,12,15-16H,3-5,10-11H2,1-2H3,(H,20,23)/t15-,16+/m0/s1. The molecule has 25 heavy (non-hydrogen) atoms. The average molecular weight is 344 g/mol. The summed E-state index contributed by atoms with van der Waals surface area (Å²) in [4.78, 5) is 12.8. The minimum absolute atomic E-state index is 0.0437. The molecule has 7 heteroatoms. The Morgan fingerprint density at radius 1 is 1.36 bits per heavy atom. The maximum atomic E-state index is 12.8. The number of rotatable bonds is 5. The Bertz CT molecular complexity index is 762. The number of nitrogens with zero attached hydrogens (tertiary/aromatic N) is 3. The zero-order valence-corrected chi connectivity index (χ0v) is 14.6. The first-order valence-electron chi connectivity index (χ1n) is 8.81. The van der Waals surface area contributed by atoms with Crippen LogP contribution < -0.4 is 10.1 Å². The molecule has 2 atom stereocenters. The Balaban J connectivity index is 1.45. The first-order chi connectivity index (χ1) is 12.1. The lowest BCUT2D eigenvalue weighted by atomic mass is 9.81. The fraction of sp³-hybridized carbons (Fsp3) is 0.556. The third-order valence-electron chi connectivity index (χ3n) is 5.17. The van der Waals surface area contributed by atoms with Gasteiger partial charge in [-0.25, -0.2) is 0 Å². The van der Waals surface area contributed by atoms with Gasteiger partial charge in [0.2, 0.25) is 0 Å². The highest BCUT2D eigenvalue weighted by molar-refractivity contribution is 5.96. The molecule has 0 spiro atoms. The normalized spacial score (nSPS) is 23.4. The van der Waals surface area contributed by atoms with E-state index in [1.807, 2.05) is 32.6 Å². The first kappa shape index (κ1) is 16.2. The number of aromatic nitrogens is 3. The van der Waals surface area contributed by atoms with Crippen molar-refractivity contribution in [2.75, 3.05) is 13.2 Å². The predicted octanol–water partition coefficient (Wildman–Crippen LogP) is 1.60. The highest BCUT2D eigenvalue weighted by atomic mass is 16.5. The van der Waals surface area contributed by atoms with Crippen LogP contribution in [0.2, 0.25) is 0 Å². The van der Waals surface area contributed by atoms with Gasteiger partial charge < -0.3 is 19.4 Å². The van der Waals surface area contributed by atoms with Crippen LogP contribution in [0.25, 0.3) is 0 Å². The van der Waals surface area contributed by atoms with Gasteiger partial charge in [-0.3, -0.25) is 9.48 Å². The Hall–Kier alpha value is -2.28. The van der Waals surface area contributed by atoms with Crippen LogP contribution in [0.4, 0.5) is 0 Å². The van der Waals surface area contributed by atoms with Crippen molar-refractivity contribution >= 4 is 5.91 Å². The summed E-state index contributed by atoms with van der Waals surface area (Å²) in [6.45, 7) is 0.923. The minimum Gasteiger partial charge on any atom is -0.482 e. The fourth-order valence-electron chi connectivity index (χ4n) is 3.59.